The lowest BCUT2D eigenvalue weighted by molar-refractivity contribution is -0.209. The molecule has 0 aliphatic carbocycles. The fourth-order valence-electron chi connectivity index (χ4n) is 5.56. The Bertz CT molecular complexity index is 1420. The van der Waals surface area contributed by atoms with Gasteiger partial charge in [0.15, 0.2) is 0 Å². The molecule has 2 aromatic carbocycles. The summed E-state index contributed by atoms with van der Waals surface area (Å²) >= 11 is 1.27. The van der Waals surface area contributed by atoms with Crippen LogP contribution in [-0.2, 0) is 27.2 Å². The quantitative estimate of drug-likeness (QED) is 0.174. The standard InChI is InChI=1S/C37H51N3O6S/c1-7-19-40(20-8-2)21-18-38-36(45)37(4,5)39-31(41)11-9-10-26-13-15-27(16-14-26)22-29-23-28(17-12-25(29)3)35-34(44)33(43)32(42)30(46-35)24-47-6/h7-8,12-17,23,30,32-35,42-44H,1-2,9-11,18-22H2,3-6H3,(H,38,45)(H,39,41)/t30?,32-,33+,34-,35+/m1/s1. The van der Waals surface area contributed by atoms with Gasteiger partial charge in [-0.2, -0.15) is 0 Å². The largest absolute Gasteiger partial charge is 0.387 e. The minimum atomic E-state index is -1.34. The predicted octanol–water partition coefficient (Wildman–Crippen LogP) is 3.44. The highest BCUT2D eigenvalue weighted by atomic mass is 32.1. The van der Waals surface area contributed by atoms with Crippen LogP contribution < -0.4 is 10.6 Å². The molecule has 5 N–H and O–H groups in total. The molecule has 10 heteroatoms. The van der Waals surface area contributed by atoms with Crippen molar-refractivity contribution in [1.29, 1.82) is 0 Å². The van der Waals surface area contributed by atoms with E-state index in [0.29, 0.717) is 45.4 Å². The summed E-state index contributed by atoms with van der Waals surface area (Å²) in [4.78, 5) is 27.5. The molecule has 0 radical (unpaired) electrons. The lowest BCUT2D eigenvalue weighted by Gasteiger charge is -2.39. The Morgan fingerprint density at radius 3 is 2.32 bits per heavy atom. The van der Waals surface area contributed by atoms with E-state index in [1.807, 2.05) is 37.3 Å². The van der Waals surface area contributed by atoms with E-state index in [2.05, 4.69) is 58.1 Å². The first-order chi connectivity index (χ1) is 22.4. The smallest absolute Gasteiger partial charge is 0.245 e. The monoisotopic (exact) mass is 665 g/mol. The second-order valence-electron chi connectivity index (χ2n) is 12.6. The summed E-state index contributed by atoms with van der Waals surface area (Å²) in [6, 6.07) is 14.1. The predicted molar refractivity (Wildman–Crippen MR) is 188 cm³/mol. The Morgan fingerprint density at radius 1 is 1.02 bits per heavy atom. The summed E-state index contributed by atoms with van der Waals surface area (Å²) in [6.45, 7) is 15.5. The zero-order chi connectivity index (χ0) is 34.6. The Labute approximate surface area is 283 Å². The number of aliphatic hydroxyl groups excluding tert-OH is 3. The van der Waals surface area contributed by atoms with E-state index in [9.17, 15) is 24.9 Å². The number of hydrogen-bond acceptors (Lipinski definition) is 7. The molecule has 1 fully saturated rings. The topological polar surface area (TPSA) is 131 Å². The maximum atomic E-state index is 12.7. The van der Waals surface area contributed by atoms with Gasteiger partial charge in [-0.25, -0.2) is 0 Å². The molecule has 256 valence electrons. The van der Waals surface area contributed by atoms with Gasteiger partial charge in [0, 0.05) is 38.9 Å². The van der Waals surface area contributed by atoms with Crippen molar-refractivity contribution in [1.82, 2.24) is 15.5 Å². The van der Waals surface area contributed by atoms with Crippen molar-refractivity contribution in [3.8, 4) is 5.18 Å². The van der Waals surface area contributed by atoms with Crippen LogP contribution in [0.15, 0.2) is 67.8 Å². The molecular weight excluding hydrogens is 614 g/mol. The third-order valence-corrected chi connectivity index (χ3v) is 8.81. The van der Waals surface area contributed by atoms with E-state index in [4.69, 9.17) is 4.74 Å². The molecule has 0 spiro atoms. The zero-order valence-electron chi connectivity index (χ0n) is 28.1. The SMILES string of the molecule is C=CCN(CC=C)CCNC(=O)C(C)(C)NC(=O)CCCc1ccc(Cc2cc([C@@H]3OC(C#SC)[C@@H](O)[C@H](O)[C@H]3O)ccc2C)cc1. The number of nitrogens with one attached hydrogen (secondary N) is 2. The lowest BCUT2D eigenvalue weighted by Crippen LogP contribution is -2.55. The Hall–Kier alpha value is -3.34. The van der Waals surface area contributed by atoms with Crippen LogP contribution in [0, 0.1) is 12.1 Å². The van der Waals surface area contributed by atoms with Crippen LogP contribution in [-0.4, -0.2) is 94.4 Å². The molecular formula is C37H51N3O6S. The van der Waals surface area contributed by atoms with Gasteiger partial charge in [-0.1, -0.05) is 59.8 Å². The highest BCUT2D eigenvalue weighted by Gasteiger charge is 2.43. The maximum Gasteiger partial charge on any atom is 0.245 e. The van der Waals surface area contributed by atoms with Crippen LogP contribution in [0.5, 0.6) is 0 Å². The fraction of sp³-hybridized carbons (Fsp3) is 0.486. The molecule has 5 atom stereocenters. The van der Waals surface area contributed by atoms with Gasteiger partial charge in [0.05, 0.1) is 0 Å². The Balaban J connectivity index is 1.50. The number of aryl methyl sites for hydroxylation is 2. The van der Waals surface area contributed by atoms with Gasteiger partial charge in [-0.05, 0) is 67.9 Å². The molecule has 0 aromatic heterocycles. The summed E-state index contributed by atoms with van der Waals surface area (Å²) in [5, 5.41) is 40.1. The van der Waals surface area contributed by atoms with Gasteiger partial charge in [-0.15, -0.1) is 24.3 Å². The number of carbonyl (C=O) groups excluding carboxylic acids is 2. The van der Waals surface area contributed by atoms with Crippen molar-refractivity contribution < 1.29 is 29.6 Å². The maximum absolute atomic E-state index is 12.7. The number of rotatable bonds is 16. The molecule has 1 aliphatic heterocycles. The van der Waals surface area contributed by atoms with Crippen molar-refractivity contribution in [3.05, 3.63) is 95.6 Å². The van der Waals surface area contributed by atoms with Crippen molar-refractivity contribution in [2.75, 3.05) is 32.4 Å². The number of aliphatic hydroxyl groups is 3. The minimum Gasteiger partial charge on any atom is -0.387 e. The number of benzene rings is 2. The van der Waals surface area contributed by atoms with E-state index in [-0.39, 0.29) is 11.8 Å². The lowest BCUT2D eigenvalue weighted by atomic mass is 9.89. The summed E-state index contributed by atoms with van der Waals surface area (Å²) in [6.07, 6.45) is 2.31. The van der Waals surface area contributed by atoms with Crippen LogP contribution in [0.1, 0.15) is 60.6 Å². The van der Waals surface area contributed by atoms with Gasteiger partial charge in [0.2, 0.25) is 11.8 Å². The molecule has 0 bridgehead atoms. The van der Waals surface area contributed by atoms with Crippen LogP contribution in [0.25, 0.3) is 0 Å². The van der Waals surface area contributed by atoms with Crippen LogP contribution >= 0.6 is 11.2 Å². The van der Waals surface area contributed by atoms with Gasteiger partial charge in [0.25, 0.3) is 0 Å². The van der Waals surface area contributed by atoms with Gasteiger partial charge < -0.3 is 30.7 Å². The molecule has 9 nitrogen and oxygen atoms in total. The highest BCUT2D eigenvalue weighted by molar-refractivity contribution is 7.87. The normalized spacial score (nSPS) is 21.1. The van der Waals surface area contributed by atoms with Crippen molar-refractivity contribution in [2.45, 2.75) is 82.5 Å². The second kappa shape index (κ2) is 18.3. The number of amides is 2. The fourth-order valence-corrected chi connectivity index (χ4v) is 5.99. The first-order valence-corrected chi connectivity index (χ1v) is 17.3. The van der Waals surface area contributed by atoms with Crippen molar-refractivity contribution >= 4 is 23.0 Å². The molecule has 1 unspecified atom stereocenters. The van der Waals surface area contributed by atoms with E-state index < -0.39 is 36.1 Å². The number of hydrogen-bond donors (Lipinski definition) is 5. The molecule has 1 aliphatic rings. The zero-order valence-corrected chi connectivity index (χ0v) is 28.9. The van der Waals surface area contributed by atoms with Crippen LogP contribution in [0.2, 0.25) is 0 Å². The first-order valence-electron chi connectivity index (χ1n) is 16.1. The van der Waals surface area contributed by atoms with Crippen LogP contribution in [0.3, 0.4) is 0 Å². The third kappa shape index (κ3) is 11.1. The average molecular weight is 666 g/mol. The molecule has 2 amide bonds. The number of nitrogens with zero attached hydrogens (tertiary/aromatic N) is 1. The Morgan fingerprint density at radius 2 is 1.68 bits per heavy atom. The van der Waals surface area contributed by atoms with E-state index in [0.717, 1.165) is 34.2 Å². The molecule has 1 heterocycles. The van der Waals surface area contributed by atoms with Gasteiger partial charge >= 0.3 is 0 Å². The summed E-state index contributed by atoms with van der Waals surface area (Å²) in [7, 11) is 0. The van der Waals surface area contributed by atoms with E-state index in [1.54, 1.807) is 20.1 Å². The average Bonchev–Trinajstić information content (AvgIpc) is 3.03. The second-order valence-corrected chi connectivity index (χ2v) is 13.2. The summed E-state index contributed by atoms with van der Waals surface area (Å²) in [5.41, 5.74) is 4.09. The highest BCUT2D eigenvalue weighted by Crippen LogP contribution is 2.33. The van der Waals surface area contributed by atoms with Gasteiger partial charge in [-0.3, -0.25) is 14.5 Å². The number of carbonyl (C=O) groups is 2. The molecule has 1 saturated heterocycles. The van der Waals surface area contributed by atoms with Crippen LogP contribution in [0.4, 0.5) is 0 Å². The minimum absolute atomic E-state index is 0.165. The number of ether oxygens (including phenoxy) is 1. The molecule has 47 heavy (non-hydrogen) atoms. The third-order valence-electron chi connectivity index (χ3n) is 8.34. The Kier molecular flexibility index (Phi) is 14.8. The molecule has 3 rings (SSSR count). The van der Waals surface area contributed by atoms with E-state index >= 15 is 0 Å². The van der Waals surface area contributed by atoms with Crippen molar-refractivity contribution in [2.24, 2.45) is 0 Å². The first kappa shape index (κ1) is 38.1. The van der Waals surface area contributed by atoms with E-state index in [1.165, 1.54) is 11.2 Å². The summed E-state index contributed by atoms with van der Waals surface area (Å²) < 4.78 is 5.95. The van der Waals surface area contributed by atoms with Gasteiger partial charge in [0.1, 0.15) is 36.1 Å². The summed E-state index contributed by atoms with van der Waals surface area (Å²) in [5.74, 6) is -0.392. The van der Waals surface area contributed by atoms with Crippen molar-refractivity contribution in [3.63, 3.8) is 0 Å². The molecule has 0 saturated carbocycles. The molecule has 2 aromatic rings.